The average molecular weight is 1010 g/mol. The number of anilines is 2. The van der Waals surface area contributed by atoms with E-state index in [0.717, 1.165) is 62.8 Å². The number of allylic oxidation sites excluding steroid dienone is 8. The van der Waals surface area contributed by atoms with Crippen LogP contribution in [0.4, 0.5) is 28.9 Å². The Hall–Kier alpha value is -2.67. The van der Waals surface area contributed by atoms with E-state index < -0.39 is 79.0 Å². The molecule has 0 amide bonds. The molecule has 0 radical (unpaired) electrons. The molecule has 376 valence electrons. The van der Waals surface area contributed by atoms with Crippen LogP contribution in [0.5, 0.6) is 0 Å². The van der Waals surface area contributed by atoms with Crippen molar-refractivity contribution in [2.75, 3.05) is 20.9 Å². The van der Waals surface area contributed by atoms with Crippen LogP contribution < -0.4 is 17.2 Å². The van der Waals surface area contributed by atoms with Gasteiger partial charge in [-0.25, -0.2) is 0 Å². The fraction of sp³-hybridized carbons (Fsp3) is 0.630. The molecular formula is C54H82F4N2O4S2Ti. The summed E-state index contributed by atoms with van der Waals surface area (Å²) in [6.07, 6.45) is 41.4. The Morgan fingerprint density at radius 1 is 0.433 bits per heavy atom. The van der Waals surface area contributed by atoms with Gasteiger partial charge in [0, 0.05) is 0 Å². The van der Waals surface area contributed by atoms with Crippen LogP contribution in [0.25, 0.3) is 0 Å². The standard InChI is InChI=1S/2C22H36F2NO2S.2C5H5.Ti/c2*1-2-3-4-5-6-7-8-9-10-11-12-13-14-15-18-28(26,27)25-22-17-16-20(23)19-21(22)24;2*1-2-4-5-3-1;/h2*16-17,25H,2-15,18H2,1H3;2*1-3H,4H2;. The van der Waals surface area contributed by atoms with Gasteiger partial charge >= 0.3 is 293 Å². The molecule has 0 spiro atoms. The minimum absolute atomic E-state index is 0.152. The van der Waals surface area contributed by atoms with Crippen LogP contribution in [0.2, 0.25) is 0 Å². The van der Waals surface area contributed by atoms with Gasteiger partial charge in [0.2, 0.25) is 0 Å². The Morgan fingerprint density at radius 3 is 0.985 bits per heavy atom. The second-order valence-electron chi connectivity index (χ2n) is 19.0. The number of hydrogen-bond donors (Lipinski definition) is 2. The van der Waals surface area contributed by atoms with Crippen molar-refractivity contribution < 1.29 is 51.0 Å². The molecule has 0 bridgehead atoms. The normalized spacial score (nSPS) is 14.0. The first kappa shape index (κ1) is 56.9. The van der Waals surface area contributed by atoms with Gasteiger partial charge in [0.25, 0.3) is 0 Å². The minimum atomic E-state index is -5.38. The number of nitrogens with one attached hydrogen (secondary N) is 2. The average Bonchev–Trinajstić information content (AvgIpc) is 4.05. The molecule has 0 unspecified atom stereocenters. The van der Waals surface area contributed by atoms with Gasteiger partial charge in [0.15, 0.2) is 0 Å². The van der Waals surface area contributed by atoms with Crippen molar-refractivity contribution in [1.29, 1.82) is 0 Å². The first-order valence-electron chi connectivity index (χ1n) is 26.1. The number of unbranched alkanes of at least 4 members (excludes halogenated alkanes) is 26. The van der Waals surface area contributed by atoms with E-state index in [-0.39, 0.29) is 24.3 Å². The van der Waals surface area contributed by atoms with Gasteiger partial charge in [-0.1, -0.05) is 117 Å². The molecule has 0 aliphatic heterocycles. The molecule has 2 aromatic carbocycles. The van der Waals surface area contributed by atoms with Crippen LogP contribution in [-0.4, -0.2) is 28.3 Å². The van der Waals surface area contributed by atoms with Crippen molar-refractivity contribution in [1.82, 2.24) is 0 Å². The molecule has 67 heavy (non-hydrogen) atoms. The molecule has 0 atom stereocenters. The molecule has 2 aromatic rings. The van der Waals surface area contributed by atoms with Crippen LogP contribution in [0.1, 0.15) is 206 Å². The van der Waals surface area contributed by atoms with Gasteiger partial charge in [-0.15, -0.1) is 0 Å². The van der Waals surface area contributed by atoms with E-state index in [4.69, 9.17) is 0 Å². The van der Waals surface area contributed by atoms with Crippen molar-refractivity contribution in [2.45, 2.75) is 206 Å². The molecule has 0 heterocycles. The zero-order chi connectivity index (χ0) is 48.4. The van der Waals surface area contributed by atoms with E-state index in [1.165, 1.54) is 116 Å². The SMILES string of the molecule is CCCCCCCCCCCCCCCCS(=O)(=O)Nc1ccc(F)[c]([Ti]([C]2=CC=CC2)([C]2=CC=CC2)[c]2c(F)ccc(NS(=O)(=O)CCCCCCCCCCCCCCCC)c2F)c1F. The summed E-state index contributed by atoms with van der Waals surface area (Å²) in [7, 11) is -8.18. The van der Waals surface area contributed by atoms with Crippen LogP contribution >= 0.6 is 0 Å². The number of rotatable bonds is 38. The Morgan fingerprint density at radius 2 is 0.716 bits per heavy atom. The molecule has 0 fully saturated rings. The van der Waals surface area contributed by atoms with Gasteiger partial charge < -0.3 is 0 Å². The Labute approximate surface area is 406 Å². The topological polar surface area (TPSA) is 92.3 Å². The van der Waals surface area contributed by atoms with Gasteiger partial charge in [0.1, 0.15) is 0 Å². The second kappa shape index (κ2) is 30.8. The first-order valence-corrected chi connectivity index (χ1v) is 32.5. The van der Waals surface area contributed by atoms with Crippen LogP contribution in [-0.2, 0) is 36.6 Å². The molecule has 4 rings (SSSR count). The van der Waals surface area contributed by atoms with Crippen molar-refractivity contribution in [3.8, 4) is 0 Å². The Bertz CT molecular complexity index is 2010. The third kappa shape index (κ3) is 18.5. The molecule has 0 saturated carbocycles. The molecule has 0 aromatic heterocycles. The van der Waals surface area contributed by atoms with Crippen LogP contribution in [0.3, 0.4) is 0 Å². The quantitative estimate of drug-likeness (QED) is 0.0398. The number of hydrogen-bond acceptors (Lipinski definition) is 4. The Balaban J connectivity index is 1.44. The van der Waals surface area contributed by atoms with Crippen molar-refractivity contribution >= 4 is 39.2 Å². The maximum absolute atomic E-state index is 17.3. The van der Waals surface area contributed by atoms with Crippen LogP contribution in [0.15, 0.2) is 68.5 Å². The summed E-state index contributed by atoms with van der Waals surface area (Å²) in [4.78, 5) is 0. The fourth-order valence-electron chi connectivity index (χ4n) is 9.78. The van der Waals surface area contributed by atoms with E-state index in [2.05, 4.69) is 23.3 Å². The Kier molecular flexibility index (Phi) is 26.2. The fourth-order valence-corrected chi connectivity index (χ4v) is 20.4. The third-order valence-electron chi connectivity index (χ3n) is 13.5. The first-order chi connectivity index (χ1) is 32.4. The van der Waals surface area contributed by atoms with E-state index in [1.54, 1.807) is 36.5 Å². The van der Waals surface area contributed by atoms with Crippen LogP contribution in [0, 0.1) is 23.3 Å². The van der Waals surface area contributed by atoms with Crippen molar-refractivity contribution in [3.63, 3.8) is 0 Å². The monoisotopic (exact) mass is 1010 g/mol. The zero-order valence-corrected chi connectivity index (χ0v) is 44.1. The summed E-state index contributed by atoms with van der Waals surface area (Å²) in [6, 6.07) is 3.93. The second-order valence-corrected chi connectivity index (χ2v) is 28.6. The molecule has 2 aliphatic carbocycles. The summed E-state index contributed by atoms with van der Waals surface area (Å²) in [6.45, 7) is 4.45. The summed E-state index contributed by atoms with van der Waals surface area (Å²) in [5.74, 6) is -5.11. The van der Waals surface area contributed by atoms with Gasteiger partial charge in [-0.3, -0.25) is 0 Å². The molecular weight excluding hydrogens is 929 g/mol. The summed E-state index contributed by atoms with van der Waals surface area (Å²) >= 11 is -5.38. The molecule has 2 N–H and O–H groups in total. The predicted octanol–water partition coefficient (Wildman–Crippen LogP) is 15.5. The predicted molar refractivity (Wildman–Crippen MR) is 271 cm³/mol. The maximum atomic E-state index is 17.3. The summed E-state index contributed by atoms with van der Waals surface area (Å²) < 4.78 is 126. The van der Waals surface area contributed by atoms with Crippen molar-refractivity contribution in [2.24, 2.45) is 0 Å². The van der Waals surface area contributed by atoms with Crippen molar-refractivity contribution in [3.05, 3.63) is 91.7 Å². The number of benzene rings is 2. The molecule has 6 nitrogen and oxygen atoms in total. The number of sulfonamides is 2. The summed E-state index contributed by atoms with van der Waals surface area (Å²) in [5.41, 5.74) is -0.999. The number of halogens is 4. The van der Waals surface area contributed by atoms with E-state index >= 15 is 17.6 Å². The van der Waals surface area contributed by atoms with Gasteiger partial charge in [0.05, 0.1) is 0 Å². The third-order valence-corrected chi connectivity index (χ3v) is 24.2. The van der Waals surface area contributed by atoms with E-state index in [1.807, 2.05) is 0 Å². The molecule has 2 aliphatic rings. The van der Waals surface area contributed by atoms with E-state index in [0.29, 0.717) is 33.4 Å². The van der Waals surface area contributed by atoms with Gasteiger partial charge in [-0.05, 0) is 0 Å². The summed E-state index contributed by atoms with van der Waals surface area (Å²) in [5, 5.41) is 0. The zero-order valence-electron chi connectivity index (χ0n) is 40.9. The molecule has 13 heteroatoms. The van der Waals surface area contributed by atoms with E-state index in [9.17, 15) is 16.8 Å². The van der Waals surface area contributed by atoms with Gasteiger partial charge in [-0.2, -0.15) is 0 Å². The molecule has 0 saturated heterocycles.